The van der Waals surface area contributed by atoms with E-state index in [1.165, 1.54) is 13.0 Å². The second-order valence-corrected chi connectivity index (χ2v) is 6.94. The number of aromatic nitrogens is 2. The highest BCUT2D eigenvalue weighted by Crippen LogP contribution is 2.35. The van der Waals surface area contributed by atoms with E-state index in [0.29, 0.717) is 31.1 Å². The van der Waals surface area contributed by atoms with E-state index in [1.807, 2.05) is 17.9 Å². The normalized spacial score (nSPS) is 18.9. The molecule has 4 N–H and O–H groups in total. The second-order valence-electron chi connectivity index (χ2n) is 6.54. The van der Waals surface area contributed by atoms with Crippen LogP contribution in [0.4, 0.5) is 21.8 Å². The Balaban J connectivity index is 2.05. The lowest BCUT2D eigenvalue weighted by atomic mass is 10.0. The molecule has 1 saturated heterocycles. The SMILES string of the molecule is Cc1cc(N2CCCOC[C@@H]2c2cc(NC(C)O)c(F)cc2Cl)nc(N)n1. The van der Waals surface area contributed by atoms with Gasteiger partial charge < -0.3 is 25.8 Å². The third-order valence-corrected chi connectivity index (χ3v) is 4.63. The highest BCUT2D eigenvalue weighted by atomic mass is 35.5. The van der Waals surface area contributed by atoms with E-state index in [-0.39, 0.29) is 22.7 Å². The van der Waals surface area contributed by atoms with Gasteiger partial charge in [0.15, 0.2) is 0 Å². The predicted octanol–water partition coefficient (Wildman–Crippen LogP) is 2.88. The van der Waals surface area contributed by atoms with Gasteiger partial charge in [0.05, 0.1) is 18.3 Å². The van der Waals surface area contributed by atoms with Gasteiger partial charge in [-0.05, 0) is 38.0 Å². The summed E-state index contributed by atoms with van der Waals surface area (Å²) in [4.78, 5) is 10.5. The van der Waals surface area contributed by atoms with Gasteiger partial charge in [-0.2, -0.15) is 4.98 Å². The van der Waals surface area contributed by atoms with Crippen molar-refractivity contribution in [2.45, 2.75) is 32.5 Å². The van der Waals surface area contributed by atoms with E-state index >= 15 is 0 Å². The smallest absolute Gasteiger partial charge is 0.222 e. The van der Waals surface area contributed by atoms with Crippen molar-refractivity contribution >= 4 is 29.1 Å². The van der Waals surface area contributed by atoms with Crippen LogP contribution in [0.25, 0.3) is 0 Å². The van der Waals surface area contributed by atoms with Gasteiger partial charge in [0.25, 0.3) is 0 Å². The molecule has 1 aliphatic heterocycles. The first-order chi connectivity index (χ1) is 12.8. The van der Waals surface area contributed by atoms with Gasteiger partial charge in [-0.1, -0.05) is 11.6 Å². The highest BCUT2D eigenvalue weighted by Gasteiger charge is 2.28. The number of nitrogens with two attached hydrogens (primary N) is 1. The molecule has 1 aliphatic rings. The van der Waals surface area contributed by atoms with E-state index < -0.39 is 12.0 Å². The van der Waals surface area contributed by atoms with Crippen molar-refractivity contribution in [1.29, 1.82) is 0 Å². The maximum atomic E-state index is 14.2. The fraction of sp³-hybridized carbons (Fsp3) is 0.444. The summed E-state index contributed by atoms with van der Waals surface area (Å²) in [5.41, 5.74) is 7.43. The van der Waals surface area contributed by atoms with Crippen molar-refractivity contribution in [1.82, 2.24) is 9.97 Å². The van der Waals surface area contributed by atoms with Crippen LogP contribution in [0.15, 0.2) is 18.2 Å². The lowest BCUT2D eigenvalue weighted by Crippen LogP contribution is -2.32. The van der Waals surface area contributed by atoms with Crippen molar-refractivity contribution in [3.05, 3.63) is 40.3 Å². The fourth-order valence-corrected chi connectivity index (χ4v) is 3.46. The molecule has 27 heavy (non-hydrogen) atoms. The van der Waals surface area contributed by atoms with Gasteiger partial charge in [0, 0.05) is 29.9 Å². The zero-order valence-corrected chi connectivity index (χ0v) is 16.0. The molecule has 1 unspecified atom stereocenters. The number of halogens is 2. The number of benzene rings is 1. The first-order valence-corrected chi connectivity index (χ1v) is 9.12. The Kier molecular flexibility index (Phi) is 5.98. The summed E-state index contributed by atoms with van der Waals surface area (Å²) >= 11 is 6.37. The van der Waals surface area contributed by atoms with Crippen molar-refractivity contribution in [3.8, 4) is 0 Å². The molecule has 146 valence electrons. The highest BCUT2D eigenvalue weighted by molar-refractivity contribution is 6.31. The summed E-state index contributed by atoms with van der Waals surface area (Å²) in [5, 5.41) is 12.5. The maximum absolute atomic E-state index is 14.2. The number of aliphatic hydroxyl groups excluding tert-OH is 1. The zero-order chi connectivity index (χ0) is 19.6. The Hall–Kier alpha value is -2.16. The lowest BCUT2D eigenvalue weighted by molar-refractivity contribution is 0.134. The molecule has 1 fully saturated rings. The van der Waals surface area contributed by atoms with Gasteiger partial charge in [0.2, 0.25) is 5.95 Å². The van der Waals surface area contributed by atoms with E-state index in [1.54, 1.807) is 6.07 Å². The summed E-state index contributed by atoms with van der Waals surface area (Å²) in [6.45, 7) is 5.00. The van der Waals surface area contributed by atoms with Crippen LogP contribution >= 0.6 is 11.6 Å². The molecule has 1 aromatic heterocycles. The van der Waals surface area contributed by atoms with E-state index in [9.17, 15) is 9.50 Å². The maximum Gasteiger partial charge on any atom is 0.222 e. The number of hydrogen-bond acceptors (Lipinski definition) is 7. The van der Waals surface area contributed by atoms with Crippen LogP contribution in [0, 0.1) is 12.7 Å². The van der Waals surface area contributed by atoms with Crippen LogP contribution in [0.2, 0.25) is 5.02 Å². The molecule has 0 aliphatic carbocycles. The number of nitrogen functional groups attached to an aromatic ring is 1. The average Bonchev–Trinajstić information content (AvgIpc) is 2.82. The van der Waals surface area contributed by atoms with E-state index in [2.05, 4.69) is 15.3 Å². The quantitative estimate of drug-likeness (QED) is 0.685. The molecule has 7 nitrogen and oxygen atoms in total. The standard InChI is InChI=1S/C18H23ClFN5O2/c1-10-6-17(24-18(21)22-10)25-4-3-5-27-9-16(25)12-7-15(23-11(2)26)14(20)8-13(12)19/h6-8,11,16,23,26H,3-5,9H2,1-2H3,(H2,21,22,24)/t11?,16-/m1/s1. The lowest BCUT2D eigenvalue weighted by Gasteiger charge is -2.32. The molecular formula is C18H23ClFN5O2. The molecule has 1 aromatic carbocycles. The number of ether oxygens (including phenoxy) is 1. The number of aryl methyl sites for hydroxylation is 1. The predicted molar refractivity (Wildman–Crippen MR) is 103 cm³/mol. The van der Waals surface area contributed by atoms with Crippen molar-refractivity contribution in [3.63, 3.8) is 0 Å². The van der Waals surface area contributed by atoms with Crippen LogP contribution in [0.1, 0.15) is 30.6 Å². The summed E-state index contributed by atoms with van der Waals surface area (Å²) in [7, 11) is 0. The minimum Gasteiger partial charge on any atom is -0.379 e. The van der Waals surface area contributed by atoms with Gasteiger partial charge in [-0.25, -0.2) is 9.37 Å². The van der Waals surface area contributed by atoms with E-state index in [4.69, 9.17) is 22.1 Å². The largest absolute Gasteiger partial charge is 0.379 e. The number of hydrogen-bond donors (Lipinski definition) is 3. The zero-order valence-electron chi connectivity index (χ0n) is 15.2. The van der Waals surface area contributed by atoms with Crippen LogP contribution in [0.3, 0.4) is 0 Å². The molecule has 2 aromatic rings. The molecule has 0 bridgehead atoms. The Morgan fingerprint density at radius 1 is 1.41 bits per heavy atom. The monoisotopic (exact) mass is 395 g/mol. The van der Waals surface area contributed by atoms with Crippen LogP contribution in [-0.2, 0) is 4.74 Å². The summed E-state index contributed by atoms with van der Waals surface area (Å²) in [6, 6.07) is 4.41. The fourth-order valence-electron chi connectivity index (χ4n) is 3.19. The molecule has 0 radical (unpaired) electrons. The Morgan fingerprint density at radius 2 is 2.19 bits per heavy atom. The first kappa shape index (κ1) is 19.6. The molecule has 0 spiro atoms. The molecule has 2 heterocycles. The van der Waals surface area contributed by atoms with Crippen LogP contribution < -0.4 is 16.0 Å². The molecule has 9 heteroatoms. The van der Waals surface area contributed by atoms with Gasteiger partial charge in [-0.15, -0.1) is 0 Å². The van der Waals surface area contributed by atoms with Crippen LogP contribution in [0.5, 0.6) is 0 Å². The summed E-state index contributed by atoms with van der Waals surface area (Å²) in [5.74, 6) is 0.323. The Bertz CT molecular complexity index is 800. The number of nitrogens with one attached hydrogen (secondary N) is 1. The van der Waals surface area contributed by atoms with Gasteiger partial charge in [-0.3, -0.25) is 0 Å². The third kappa shape index (κ3) is 4.58. The van der Waals surface area contributed by atoms with Gasteiger partial charge in [0.1, 0.15) is 17.9 Å². The molecule has 0 saturated carbocycles. The number of rotatable bonds is 4. The molecular weight excluding hydrogens is 373 g/mol. The first-order valence-electron chi connectivity index (χ1n) is 8.74. The Morgan fingerprint density at radius 3 is 2.89 bits per heavy atom. The molecule has 0 amide bonds. The third-order valence-electron chi connectivity index (χ3n) is 4.30. The minimum absolute atomic E-state index is 0.173. The number of aliphatic hydroxyl groups is 1. The van der Waals surface area contributed by atoms with Crippen molar-refractivity contribution in [2.75, 3.05) is 35.7 Å². The van der Waals surface area contributed by atoms with E-state index in [0.717, 1.165) is 12.1 Å². The number of anilines is 3. The van der Waals surface area contributed by atoms with Crippen molar-refractivity contribution in [2.24, 2.45) is 0 Å². The molecule has 2 atom stereocenters. The average molecular weight is 396 g/mol. The number of nitrogens with zero attached hydrogens (tertiary/aromatic N) is 3. The minimum atomic E-state index is -0.903. The summed E-state index contributed by atoms with van der Waals surface area (Å²) in [6.07, 6.45) is -0.101. The van der Waals surface area contributed by atoms with Crippen LogP contribution in [-0.4, -0.2) is 41.1 Å². The van der Waals surface area contributed by atoms with Crippen molar-refractivity contribution < 1.29 is 14.2 Å². The molecule has 3 rings (SSSR count). The second kappa shape index (κ2) is 8.24. The topological polar surface area (TPSA) is 96.5 Å². The van der Waals surface area contributed by atoms with Gasteiger partial charge >= 0.3 is 0 Å². The summed E-state index contributed by atoms with van der Waals surface area (Å²) < 4.78 is 20.0. The Labute approximate surface area is 162 Å².